The lowest BCUT2D eigenvalue weighted by Crippen LogP contribution is -2.45. The fraction of sp³-hybridized carbons (Fsp3) is 0.381. The van der Waals surface area contributed by atoms with Gasteiger partial charge < -0.3 is 19.5 Å². The minimum Gasteiger partial charge on any atom is -0.477 e. The number of ether oxygens (including phenoxy) is 2. The molecular formula is C21H20FN3O5S. The second-order valence-electron chi connectivity index (χ2n) is 7.42. The van der Waals surface area contributed by atoms with Crippen LogP contribution in [0.4, 0.5) is 10.1 Å². The highest BCUT2D eigenvalue weighted by molar-refractivity contribution is 7.16. The van der Waals surface area contributed by atoms with E-state index in [1.165, 1.54) is 11.3 Å². The van der Waals surface area contributed by atoms with Gasteiger partial charge in [-0.25, -0.2) is 9.18 Å². The fourth-order valence-corrected chi connectivity index (χ4v) is 5.53. The lowest BCUT2D eigenvalue weighted by molar-refractivity contribution is -0.0208. The maximum atomic E-state index is 15.5. The summed E-state index contributed by atoms with van der Waals surface area (Å²) >= 11 is 1.17. The Balaban J connectivity index is 1.83. The molecule has 31 heavy (non-hydrogen) atoms. The van der Waals surface area contributed by atoms with Gasteiger partial charge in [0.15, 0.2) is 0 Å². The molecule has 4 heterocycles. The molecule has 8 nitrogen and oxygen atoms in total. The summed E-state index contributed by atoms with van der Waals surface area (Å²) in [6.45, 7) is 4.21. The highest BCUT2D eigenvalue weighted by atomic mass is 32.1. The van der Waals surface area contributed by atoms with Crippen LogP contribution in [0.25, 0.3) is 26.6 Å². The number of morpholine rings is 1. The zero-order chi connectivity index (χ0) is 21.9. The van der Waals surface area contributed by atoms with Crippen LogP contribution in [0.3, 0.4) is 0 Å². The van der Waals surface area contributed by atoms with Crippen LogP contribution in [0.2, 0.25) is 0 Å². The number of thiazole rings is 1. The number of carboxylic acid groups (broad SMARTS) is 1. The molecule has 1 atom stereocenters. The van der Waals surface area contributed by atoms with Crippen LogP contribution >= 0.6 is 11.3 Å². The van der Waals surface area contributed by atoms with Crippen molar-refractivity contribution in [1.29, 1.82) is 0 Å². The number of benzene rings is 1. The molecule has 1 aliphatic rings. The van der Waals surface area contributed by atoms with E-state index in [0.29, 0.717) is 65.2 Å². The van der Waals surface area contributed by atoms with E-state index in [4.69, 9.17) is 9.47 Å². The van der Waals surface area contributed by atoms with E-state index in [-0.39, 0.29) is 17.1 Å². The van der Waals surface area contributed by atoms with Crippen molar-refractivity contribution < 1.29 is 23.8 Å². The lowest BCUT2D eigenvalue weighted by Gasteiger charge is -2.35. The van der Waals surface area contributed by atoms with Crippen molar-refractivity contribution in [3.63, 3.8) is 0 Å². The zero-order valence-electron chi connectivity index (χ0n) is 17.0. The van der Waals surface area contributed by atoms with Crippen LogP contribution in [0.5, 0.6) is 0 Å². The molecule has 1 unspecified atom stereocenters. The first-order valence-corrected chi connectivity index (χ1v) is 10.8. The number of halogens is 1. The van der Waals surface area contributed by atoms with Crippen molar-refractivity contribution >= 4 is 49.6 Å². The molecular weight excluding hydrogens is 425 g/mol. The van der Waals surface area contributed by atoms with Crippen molar-refractivity contribution in [2.45, 2.75) is 13.0 Å². The van der Waals surface area contributed by atoms with Crippen molar-refractivity contribution in [1.82, 2.24) is 4.40 Å². The summed E-state index contributed by atoms with van der Waals surface area (Å²) in [4.78, 5) is 31.5. The van der Waals surface area contributed by atoms with Gasteiger partial charge in [-0.2, -0.15) is 0 Å². The number of hydrogen-bond donors (Lipinski definition) is 1. The van der Waals surface area contributed by atoms with Gasteiger partial charge >= 0.3 is 5.97 Å². The van der Waals surface area contributed by atoms with Crippen LogP contribution in [0.15, 0.2) is 21.2 Å². The second kappa shape index (κ2) is 7.40. The standard InChI is InChI=1S/C21H20FN3O5S/c1-3-29-8-10-7-24(4-5-30-10)18-12(22)6-11-17-14(18)16(23-2)13-9-31-20(25(13)17)15(19(11)26)21(27)28/h6,9-10H,3-5,7-8H2,1-2H3,(H,27,28). The molecule has 1 aliphatic heterocycles. The highest BCUT2D eigenvalue weighted by Gasteiger charge is 2.31. The van der Waals surface area contributed by atoms with Gasteiger partial charge in [0, 0.05) is 32.1 Å². The minimum atomic E-state index is -1.33. The number of aromatic nitrogens is 1. The first kappa shape index (κ1) is 20.1. The Morgan fingerprint density at radius 1 is 1.48 bits per heavy atom. The quantitative estimate of drug-likeness (QED) is 0.506. The largest absolute Gasteiger partial charge is 0.477 e. The molecule has 1 N–H and O–H groups in total. The maximum Gasteiger partial charge on any atom is 0.342 e. The van der Waals surface area contributed by atoms with Gasteiger partial charge in [0.05, 0.1) is 52.2 Å². The third-order valence-electron chi connectivity index (χ3n) is 5.74. The van der Waals surface area contributed by atoms with E-state index < -0.39 is 17.2 Å². The summed E-state index contributed by atoms with van der Waals surface area (Å²) in [7, 11) is 1.61. The predicted molar refractivity (Wildman–Crippen MR) is 116 cm³/mol. The number of carboxylic acids is 1. The van der Waals surface area contributed by atoms with Crippen LogP contribution in [-0.2, 0) is 9.47 Å². The number of aromatic carboxylic acids is 1. The predicted octanol–water partition coefficient (Wildman–Crippen LogP) is 2.15. The van der Waals surface area contributed by atoms with Gasteiger partial charge in [0.25, 0.3) is 0 Å². The number of hydrogen-bond acceptors (Lipinski definition) is 7. The second-order valence-corrected chi connectivity index (χ2v) is 8.28. The Hall–Kier alpha value is -2.82. The Morgan fingerprint density at radius 3 is 3.00 bits per heavy atom. The van der Waals surface area contributed by atoms with Crippen molar-refractivity contribution in [3.8, 4) is 0 Å². The number of anilines is 1. The molecule has 5 rings (SSSR count). The summed E-state index contributed by atoms with van der Waals surface area (Å²) in [6.07, 6.45) is -0.204. The Kier molecular flexibility index (Phi) is 4.80. The Bertz CT molecular complexity index is 1430. The van der Waals surface area contributed by atoms with Crippen molar-refractivity contribution in [3.05, 3.63) is 38.4 Å². The molecule has 162 valence electrons. The van der Waals surface area contributed by atoms with Gasteiger partial charge in [0.2, 0.25) is 5.43 Å². The third kappa shape index (κ3) is 2.82. The number of carbonyl (C=O) groups is 1. The van der Waals surface area contributed by atoms with Gasteiger partial charge in [-0.15, -0.1) is 11.3 Å². The van der Waals surface area contributed by atoms with Gasteiger partial charge in [0.1, 0.15) is 16.2 Å². The van der Waals surface area contributed by atoms with E-state index in [0.717, 1.165) is 6.07 Å². The first-order valence-electron chi connectivity index (χ1n) is 9.95. The smallest absolute Gasteiger partial charge is 0.342 e. The fourth-order valence-electron chi connectivity index (χ4n) is 4.50. The maximum absolute atomic E-state index is 15.5. The van der Waals surface area contributed by atoms with E-state index in [1.807, 2.05) is 11.8 Å². The van der Waals surface area contributed by atoms with Gasteiger partial charge in [-0.3, -0.25) is 14.2 Å². The van der Waals surface area contributed by atoms with Crippen LogP contribution in [0, 0.1) is 5.82 Å². The summed E-state index contributed by atoms with van der Waals surface area (Å²) in [5.41, 5.74) is 0.496. The van der Waals surface area contributed by atoms with Crippen molar-refractivity contribution in [2.24, 2.45) is 4.99 Å². The number of nitrogens with zero attached hydrogens (tertiary/aromatic N) is 3. The molecule has 0 bridgehead atoms. The zero-order valence-corrected chi connectivity index (χ0v) is 17.8. The van der Waals surface area contributed by atoms with E-state index in [1.54, 1.807) is 16.8 Å². The molecule has 1 aromatic carbocycles. The molecule has 0 amide bonds. The topological polar surface area (TPSA) is 92.8 Å². The van der Waals surface area contributed by atoms with E-state index in [2.05, 4.69) is 4.99 Å². The molecule has 1 fully saturated rings. The van der Waals surface area contributed by atoms with Crippen LogP contribution < -0.4 is 15.7 Å². The molecule has 0 saturated carbocycles. The average Bonchev–Trinajstić information content (AvgIpc) is 3.30. The molecule has 1 saturated heterocycles. The average molecular weight is 445 g/mol. The summed E-state index contributed by atoms with van der Waals surface area (Å²) < 4.78 is 28.5. The molecule has 0 radical (unpaired) electrons. The SMILES string of the molecule is CCOCC1CN(c2c(F)cc3c(=O)c(C(=O)O)c4scc5c(=NC)c2c3n45)CCO1. The molecule has 3 aromatic heterocycles. The normalized spacial score (nSPS) is 18.2. The monoisotopic (exact) mass is 445 g/mol. The van der Waals surface area contributed by atoms with Crippen LogP contribution in [-0.4, -0.2) is 61.5 Å². The minimum absolute atomic E-state index is 0.0450. The van der Waals surface area contributed by atoms with Gasteiger partial charge in [-0.05, 0) is 13.0 Å². The lowest BCUT2D eigenvalue weighted by atomic mass is 10.1. The van der Waals surface area contributed by atoms with E-state index in [9.17, 15) is 14.7 Å². The first-order chi connectivity index (χ1) is 15.0. The summed E-state index contributed by atoms with van der Waals surface area (Å²) in [5, 5.41) is 12.5. The van der Waals surface area contributed by atoms with Crippen LogP contribution in [0.1, 0.15) is 17.3 Å². The summed E-state index contributed by atoms with van der Waals surface area (Å²) in [6, 6.07) is 1.16. The van der Waals surface area contributed by atoms with Gasteiger partial charge in [-0.1, -0.05) is 0 Å². The molecule has 4 aromatic rings. The van der Waals surface area contributed by atoms with E-state index >= 15 is 4.39 Å². The highest BCUT2D eigenvalue weighted by Crippen LogP contribution is 2.36. The molecule has 0 aliphatic carbocycles. The van der Waals surface area contributed by atoms with Crippen molar-refractivity contribution in [2.75, 3.05) is 44.9 Å². The molecule has 10 heteroatoms. The number of rotatable bonds is 5. The molecule has 0 spiro atoms. The third-order valence-corrected chi connectivity index (χ3v) is 6.69. The Labute approximate surface area is 179 Å². The number of pyridine rings is 1. The summed E-state index contributed by atoms with van der Waals surface area (Å²) in [5.74, 6) is -1.91. The Morgan fingerprint density at radius 2 is 2.29 bits per heavy atom.